The zero-order valence-electron chi connectivity index (χ0n) is 17.2. The minimum atomic E-state index is -0.345. The molecule has 2 saturated heterocycles. The molecule has 0 radical (unpaired) electrons. The van der Waals surface area contributed by atoms with Crippen LogP contribution in [0.5, 0.6) is 0 Å². The summed E-state index contributed by atoms with van der Waals surface area (Å²) in [5, 5.41) is 12.9. The van der Waals surface area contributed by atoms with Crippen LogP contribution < -0.4 is 0 Å². The summed E-state index contributed by atoms with van der Waals surface area (Å²) >= 11 is 1.38. The Labute approximate surface area is 175 Å². The second-order valence-corrected chi connectivity index (χ2v) is 10.0. The molecule has 29 heavy (non-hydrogen) atoms. The second kappa shape index (κ2) is 7.74. The lowest BCUT2D eigenvalue weighted by Gasteiger charge is -2.50. The number of thiazole rings is 1. The molecule has 0 bridgehead atoms. The fourth-order valence-electron chi connectivity index (χ4n) is 4.17. The van der Waals surface area contributed by atoms with Crippen LogP contribution in [-0.2, 0) is 4.74 Å². The third-order valence-electron chi connectivity index (χ3n) is 5.89. The van der Waals surface area contributed by atoms with Gasteiger partial charge in [0, 0.05) is 43.7 Å². The molecule has 0 aromatic carbocycles. The lowest BCUT2D eigenvalue weighted by Crippen LogP contribution is -2.55. The van der Waals surface area contributed by atoms with Gasteiger partial charge in [0.25, 0.3) is 5.91 Å². The summed E-state index contributed by atoms with van der Waals surface area (Å²) in [7, 11) is 0. The molecular weight excluding hydrogens is 388 g/mol. The van der Waals surface area contributed by atoms with E-state index < -0.39 is 0 Å². The van der Waals surface area contributed by atoms with E-state index in [1.807, 2.05) is 4.90 Å². The summed E-state index contributed by atoms with van der Waals surface area (Å²) in [5.74, 6) is 0.467. The normalized spacial score (nSPS) is 24.6. The summed E-state index contributed by atoms with van der Waals surface area (Å²) in [6.45, 7) is 7.67. The molecule has 7 nitrogen and oxygen atoms in total. The molecule has 2 aliphatic heterocycles. The SMILES string of the molecule is CC(C)(C)[C@H]1C[C@@H](O)CC2(CCN(C(=O)c3csc(-c4ncccn4)n3)CC2)O1. The van der Waals surface area contributed by atoms with E-state index in [9.17, 15) is 9.90 Å². The van der Waals surface area contributed by atoms with Gasteiger partial charge >= 0.3 is 0 Å². The van der Waals surface area contributed by atoms with Gasteiger partial charge in [-0.3, -0.25) is 4.79 Å². The van der Waals surface area contributed by atoms with Crippen LogP contribution in [0.3, 0.4) is 0 Å². The third-order valence-corrected chi connectivity index (χ3v) is 6.73. The molecular formula is C21H28N4O3S. The van der Waals surface area contributed by atoms with Crippen molar-refractivity contribution in [3.8, 4) is 10.8 Å². The number of likely N-dealkylation sites (tertiary alicyclic amines) is 1. The molecule has 2 atom stereocenters. The number of piperidine rings is 1. The van der Waals surface area contributed by atoms with Crippen molar-refractivity contribution in [2.75, 3.05) is 13.1 Å². The van der Waals surface area contributed by atoms with Crippen LogP contribution in [0.1, 0.15) is 56.9 Å². The van der Waals surface area contributed by atoms with E-state index in [2.05, 4.69) is 35.7 Å². The molecule has 0 saturated carbocycles. The van der Waals surface area contributed by atoms with Gasteiger partial charge in [0.15, 0.2) is 10.8 Å². The molecule has 2 aromatic heterocycles. The average molecular weight is 417 g/mol. The van der Waals surface area contributed by atoms with Crippen LogP contribution in [0.25, 0.3) is 10.8 Å². The molecule has 0 aliphatic carbocycles. The average Bonchev–Trinajstić information content (AvgIpc) is 3.18. The van der Waals surface area contributed by atoms with Gasteiger partial charge < -0.3 is 14.7 Å². The third kappa shape index (κ3) is 4.34. The van der Waals surface area contributed by atoms with E-state index in [1.54, 1.807) is 23.8 Å². The number of nitrogens with zero attached hydrogens (tertiary/aromatic N) is 4. The first-order valence-electron chi connectivity index (χ1n) is 10.1. The first-order chi connectivity index (χ1) is 13.8. The molecule has 4 heterocycles. The molecule has 8 heteroatoms. The molecule has 2 aromatic rings. The van der Waals surface area contributed by atoms with Gasteiger partial charge in [-0.05, 0) is 24.3 Å². The van der Waals surface area contributed by atoms with Crippen LogP contribution >= 0.6 is 11.3 Å². The smallest absolute Gasteiger partial charge is 0.273 e. The van der Waals surface area contributed by atoms with Crippen molar-refractivity contribution in [3.05, 3.63) is 29.5 Å². The predicted octanol–water partition coefficient (Wildman–Crippen LogP) is 3.16. The second-order valence-electron chi connectivity index (χ2n) is 9.15. The number of rotatable bonds is 2. The van der Waals surface area contributed by atoms with Crippen molar-refractivity contribution < 1.29 is 14.6 Å². The summed E-state index contributed by atoms with van der Waals surface area (Å²) in [6.07, 6.45) is 5.81. The van der Waals surface area contributed by atoms with E-state index in [4.69, 9.17) is 4.74 Å². The quantitative estimate of drug-likeness (QED) is 0.809. The van der Waals surface area contributed by atoms with Crippen molar-refractivity contribution >= 4 is 17.2 Å². The zero-order valence-corrected chi connectivity index (χ0v) is 18.0. The number of carbonyl (C=O) groups excluding carboxylic acids is 1. The monoisotopic (exact) mass is 416 g/mol. The Morgan fingerprint density at radius 3 is 2.62 bits per heavy atom. The van der Waals surface area contributed by atoms with E-state index in [1.165, 1.54) is 11.3 Å². The maximum atomic E-state index is 12.9. The summed E-state index contributed by atoms with van der Waals surface area (Å²) in [4.78, 5) is 27.6. The molecule has 156 valence electrons. The molecule has 2 fully saturated rings. The van der Waals surface area contributed by atoms with Crippen LogP contribution in [0, 0.1) is 5.41 Å². The Morgan fingerprint density at radius 1 is 1.28 bits per heavy atom. The largest absolute Gasteiger partial charge is 0.393 e. The Hall–Kier alpha value is -1.90. The minimum Gasteiger partial charge on any atom is -0.393 e. The first-order valence-corrected chi connectivity index (χ1v) is 11.0. The number of aliphatic hydroxyl groups is 1. The minimum absolute atomic E-state index is 0.0160. The fourth-order valence-corrected chi connectivity index (χ4v) is 4.91. The van der Waals surface area contributed by atoms with Crippen molar-refractivity contribution in [3.63, 3.8) is 0 Å². The topological polar surface area (TPSA) is 88.4 Å². The number of aliphatic hydroxyl groups excluding tert-OH is 1. The van der Waals surface area contributed by atoms with Crippen molar-refractivity contribution in [1.82, 2.24) is 19.9 Å². The van der Waals surface area contributed by atoms with E-state index in [-0.39, 0.29) is 29.1 Å². The summed E-state index contributed by atoms with van der Waals surface area (Å²) < 4.78 is 6.52. The highest BCUT2D eigenvalue weighted by atomic mass is 32.1. The highest BCUT2D eigenvalue weighted by Gasteiger charge is 2.46. The number of amides is 1. The van der Waals surface area contributed by atoms with Crippen LogP contribution in [-0.4, -0.2) is 61.8 Å². The Morgan fingerprint density at radius 2 is 1.97 bits per heavy atom. The molecule has 2 aliphatic rings. The summed E-state index contributed by atoms with van der Waals surface area (Å²) in [6, 6.07) is 1.75. The van der Waals surface area contributed by atoms with Crippen molar-refractivity contribution in [1.29, 1.82) is 0 Å². The van der Waals surface area contributed by atoms with Crippen molar-refractivity contribution in [2.45, 2.75) is 64.3 Å². The number of ether oxygens (including phenoxy) is 1. The molecule has 0 unspecified atom stereocenters. The van der Waals surface area contributed by atoms with Crippen molar-refractivity contribution in [2.24, 2.45) is 5.41 Å². The van der Waals surface area contributed by atoms with Gasteiger partial charge in [0.1, 0.15) is 5.69 Å². The maximum absolute atomic E-state index is 12.9. The molecule has 4 rings (SSSR count). The van der Waals surface area contributed by atoms with E-state index in [0.717, 1.165) is 12.8 Å². The Kier molecular flexibility index (Phi) is 5.44. The van der Waals surface area contributed by atoms with Gasteiger partial charge in [-0.2, -0.15) is 0 Å². The molecule has 1 amide bonds. The Bertz CT molecular complexity index is 856. The predicted molar refractivity (Wildman–Crippen MR) is 111 cm³/mol. The van der Waals surface area contributed by atoms with Gasteiger partial charge in [0.05, 0.1) is 17.8 Å². The standard InChI is InChI=1S/C21H28N4O3S/c1-20(2,3)16-11-14(26)12-21(28-16)5-9-25(10-6-21)19(27)15-13-29-18(24-15)17-22-7-4-8-23-17/h4,7-8,13-14,16,26H,5-6,9-12H2,1-3H3/t14-,16-/m1/s1. The number of aromatic nitrogens is 3. The first kappa shape index (κ1) is 20.4. The number of carbonyl (C=O) groups is 1. The highest BCUT2D eigenvalue weighted by Crippen LogP contribution is 2.42. The van der Waals surface area contributed by atoms with Gasteiger partial charge in [-0.25, -0.2) is 15.0 Å². The zero-order chi connectivity index (χ0) is 20.6. The van der Waals surface area contributed by atoms with Crippen LogP contribution in [0.2, 0.25) is 0 Å². The molecule has 1 N–H and O–H groups in total. The van der Waals surface area contributed by atoms with Gasteiger partial charge in [-0.1, -0.05) is 20.8 Å². The van der Waals surface area contributed by atoms with Gasteiger partial charge in [-0.15, -0.1) is 11.3 Å². The number of hydrogen-bond acceptors (Lipinski definition) is 7. The lowest BCUT2D eigenvalue weighted by atomic mass is 9.76. The van der Waals surface area contributed by atoms with E-state index >= 15 is 0 Å². The fraction of sp³-hybridized carbons (Fsp3) is 0.619. The summed E-state index contributed by atoms with van der Waals surface area (Å²) in [5.41, 5.74) is 0.0839. The van der Waals surface area contributed by atoms with Crippen LogP contribution in [0.4, 0.5) is 0 Å². The van der Waals surface area contributed by atoms with Gasteiger partial charge in [0.2, 0.25) is 0 Å². The van der Waals surface area contributed by atoms with E-state index in [0.29, 0.717) is 42.5 Å². The highest BCUT2D eigenvalue weighted by molar-refractivity contribution is 7.13. The molecule has 1 spiro atoms. The lowest BCUT2D eigenvalue weighted by molar-refractivity contribution is -0.205. The van der Waals surface area contributed by atoms with Crippen LogP contribution in [0.15, 0.2) is 23.8 Å². The Balaban J connectivity index is 1.42. The maximum Gasteiger partial charge on any atom is 0.273 e. The number of hydrogen-bond donors (Lipinski definition) is 1.